The molecule has 1 rings (SSSR count). The van der Waals surface area contributed by atoms with Crippen LogP contribution < -0.4 is 10.1 Å². The molecule has 1 N–H and O–H groups in total. The van der Waals surface area contributed by atoms with Crippen molar-refractivity contribution in [1.29, 1.82) is 0 Å². The number of hydrogen-bond acceptors (Lipinski definition) is 3. The Morgan fingerprint density at radius 1 is 1.33 bits per heavy atom. The summed E-state index contributed by atoms with van der Waals surface area (Å²) in [4.78, 5) is 0. The molecule has 0 bridgehead atoms. The van der Waals surface area contributed by atoms with E-state index in [0.717, 1.165) is 23.4 Å². The molecular weight excluding hydrogens is 242 g/mol. The van der Waals surface area contributed by atoms with Crippen molar-refractivity contribution in [3.05, 3.63) is 29.8 Å². The van der Waals surface area contributed by atoms with E-state index < -0.39 is 0 Å². The van der Waals surface area contributed by atoms with E-state index in [1.165, 1.54) is 12.0 Å². The minimum atomic E-state index is 0.393. The molecule has 0 amide bonds. The number of hydrogen-bond donors (Lipinski definition) is 1. The monoisotopic (exact) mass is 267 g/mol. The van der Waals surface area contributed by atoms with Crippen molar-refractivity contribution >= 4 is 11.8 Å². The number of benzene rings is 1. The lowest BCUT2D eigenvalue weighted by atomic mass is 10.1. The lowest BCUT2D eigenvalue weighted by Gasteiger charge is -2.19. The van der Waals surface area contributed by atoms with Gasteiger partial charge >= 0.3 is 0 Å². The van der Waals surface area contributed by atoms with Crippen LogP contribution in [0.4, 0.5) is 0 Å². The quantitative estimate of drug-likeness (QED) is 0.772. The molecular formula is C15H25NOS. The SMILES string of the molecule is CCOc1cccc(C(CSC(C)CC)NC)c1. The predicted octanol–water partition coefficient (Wildman–Crippen LogP) is 3.88. The molecule has 3 heteroatoms. The molecule has 2 atom stereocenters. The summed E-state index contributed by atoms with van der Waals surface area (Å²) in [5, 5.41) is 4.11. The van der Waals surface area contributed by atoms with Crippen LogP contribution in [0.25, 0.3) is 0 Å². The molecule has 0 aliphatic carbocycles. The van der Waals surface area contributed by atoms with Gasteiger partial charge in [-0.15, -0.1) is 0 Å². The van der Waals surface area contributed by atoms with Gasteiger partial charge in [-0.05, 0) is 38.1 Å². The van der Waals surface area contributed by atoms with E-state index in [1.807, 2.05) is 31.8 Å². The molecule has 0 radical (unpaired) electrons. The average molecular weight is 267 g/mol. The Morgan fingerprint density at radius 3 is 2.72 bits per heavy atom. The van der Waals surface area contributed by atoms with Crippen molar-refractivity contribution in [1.82, 2.24) is 5.32 Å². The summed E-state index contributed by atoms with van der Waals surface area (Å²) in [6.45, 7) is 7.26. The van der Waals surface area contributed by atoms with Gasteiger partial charge in [0.05, 0.1) is 6.61 Å². The Balaban J connectivity index is 2.66. The molecule has 0 saturated heterocycles. The maximum atomic E-state index is 5.55. The lowest BCUT2D eigenvalue weighted by Crippen LogP contribution is -2.19. The summed E-state index contributed by atoms with van der Waals surface area (Å²) in [7, 11) is 2.02. The van der Waals surface area contributed by atoms with Gasteiger partial charge in [0.2, 0.25) is 0 Å². The average Bonchev–Trinajstić information content (AvgIpc) is 2.40. The van der Waals surface area contributed by atoms with Crippen LogP contribution in [0.2, 0.25) is 0 Å². The highest BCUT2D eigenvalue weighted by Gasteiger charge is 2.11. The molecule has 102 valence electrons. The zero-order valence-electron chi connectivity index (χ0n) is 11.9. The molecule has 0 heterocycles. The van der Waals surface area contributed by atoms with Gasteiger partial charge in [0.1, 0.15) is 5.75 Å². The topological polar surface area (TPSA) is 21.3 Å². The molecule has 2 nitrogen and oxygen atoms in total. The first kappa shape index (κ1) is 15.4. The van der Waals surface area contributed by atoms with E-state index in [-0.39, 0.29) is 0 Å². The van der Waals surface area contributed by atoms with Crippen LogP contribution in [-0.2, 0) is 0 Å². The van der Waals surface area contributed by atoms with Crippen LogP contribution in [0, 0.1) is 0 Å². The lowest BCUT2D eigenvalue weighted by molar-refractivity contribution is 0.339. The summed E-state index contributed by atoms with van der Waals surface area (Å²) >= 11 is 2.02. The molecule has 0 fully saturated rings. The first-order valence-corrected chi connectivity index (χ1v) is 7.77. The molecule has 0 aliphatic heterocycles. The fourth-order valence-electron chi connectivity index (χ4n) is 1.71. The van der Waals surface area contributed by atoms with E-state index >= 15 is 0 Å². The molecule has 0 spiro atoms. The maximum Gasteiger partial charge on any atom is 0.119 e. The molecule has 1 aromatic carbocycles. The van der Waals surface area contributed by atoms with Crippen LogP contribution in [0.15, 0.2) is 24.3 Å². The van der Waals surface area contributed by atoms with Gasteiger partial charge in [0.25, 0.3) is 0 Å². The van der Waals surface area contributed by atoms with Gasteiger partial charge in [-0.25, -0.2) is 0 Å². The van der Waals surface area contributed by atoms with Crippen molar-refractivity contribution in [2.75, 3.05) is 19.4 Å². The van der Waals surface area contributed by atoms with E-state index in [4.69, 9.17) is 4.74 Å². The summed E-state index contributed by atoms with van der Waals surface area (Å²) in [5.41, 5.74) is 1.30. The van der Waals surface area contributed by atoms with E-state index in [9.17, 15) is 0 Å². The van der Waals surface area contributed by atoms with E-state index in [1.54, 1.807) is 0 Å². The smallest absolute Gasteiger partial charge is 0.119 e. The summed E-state index contributed by atoms with van der Waals surface area (Å²) in [5.74, 6) is 2.06. The standard InChI is InChI=1S/C15H25NOS/c1-5-12(3)18-11-15(16-4)13-8-7-9-14(10-13)17-6-2/h7-10,12,15-16H,5-6,11H2,1-4H3. The first-order chi connectivity index (χ1) is 8.71. The fraction of sp³-hybridized carbons (Fsp3) is 0.600. The third-order valence-corrected chi connectivity index (χ3v) is 4.47. The third kappa shape index (κ3) is 4.91. The van der Waals surface area contributed by atoms with Crippen LogP contribution in [0.3, 0.4) is 0 Å². The van der Waals surface area contributed by atoms with Gasteiger partial charge in [0, 0.05) is 17.0 Å². The highest BCUT2D eigenvalue weighted by atomic mass is 32.2. The molecule has 0 aromatic heterocycles. The van der Waals surface area contributed by atoms with Gasteiger partial charge in [0.15, 0.2) is 0 Å². The van der Waals surface area contributed by atoms with Gasteiger partial charge in [-0.1, -0.05) is 26.0 Å². The summed E-state index contributed by atoms with van der Waals surface area (Å²) in [6.07, 6.45) is 1.22. The maximum absolute atomic E-state index is 5.55. The van der Waals surface area contributed by atoms with Crippen molar-refractivity contribution < 1.29 is 4.74 Å². The van der Waals surface area contributed by atoms with Crippen LogP contribution in [0.5, 0.6) is 5.75 Å². The summed E-state index contributed by atoms with van der Waals surface area (Å²) < 4.78 is 5.55. The summed E-state index contributed by atoms with van der Waals surface area (Å²) in [6, 6.07) is 8.78. The van der Waals surface area contributed by atoms with Crippen LogP contribution in [0.1, 0.15) is 38.8 Å². The minimum Gasteiger partial charge on any atom is -0.494 e. The molecule has 0 aliphatic rings. The van der Waals surface area contributed by atoms with Crippen molar-refractivity contribution in [2.24, 2.45) is 0 Å². The normalized spacial score (nSPS) is 14.2. The fourth-order valence-corrected chi connectivity index (χ4v) is 2.83. The second-order valence-electron chi connectivity index (χ2n) is 4.40. The van der Waals surface area contributed by atoms with Crippen molar-refractivity contribution in [3.8, 4) is 5.75 Å². The van der Waals surface area contributed by atoms with Gasteiger partial charge < -0.3 is 10.1 Å². The Bertz CT molecular complexity index is 343. The highest BCUT2D eigenvalue weighted by molar-refractivity contribution is 7.99. The Labute approximate surface area is 116 Å². The zero-order valence-corrected chi connectivity index (χ0v) is 12.7. The number of rotatable bonds is 8. The molecule has 0 saturated carbocycles. The van der Waals surface area contributed by atoms with E-state index in [0.29, 0.717) is 6.04 Å². The predicted molar refractivity (Wildman–Crippen MR) is 81.6 cm³/mol. The second-order valence-corrected chi connectivity index (χ2v) is 5.87. The Morgan fingerprint density at radius 2 is 2.11 bits per heavy atom. The first-order valence-electron chi connectivity index (χ1n) is 6.72. The van der Waals surface area contributed by atoms with Crippen molar-refractivity contribution in [3.63, 3.8) is 0 Å². The molecule has 2 unspecified atom stereocenters. The van der Waals surface area contributed by atoms with Gasteiger partial charge in [-0.2, -0.15) is 11.8 Å². The second kappa shape index (κ2) is 8.44. The zero-order chi connectivity index (χ0) is 13.4. The third-order valence-electron chi connectivity index (χ3n) is 3.04. The van der Waals surface area contributed by atoms with E-state index in [2.05, 4.69) is 37.4 Å². The Kier molecular flexibility index (Phi) is 7.21. The van der Waals surface area contributed by atoms with Gasteiger partial charge in [-0.3, -0.25) is 0 Å². The van der Waals surface area contributed by atoms with Crippen molar-refractivity contribution in [2.45, 2.75) is 38.5 Å². The van der Waals surface area contributed by atoms with Crippen LogP contribution >= 0.6 is 11.8 Å². The molecule has 18 heavy (non-hydrogen) atoms. The number of nitrogens with one attached hydrogen (secondary N) is 1. The molecule has 1 aromatic rings. The minimum absolute atomic E-state index is 0.393. The largest absolute Gasteiger partial charge is 0.494 e. The number of ether oxygens (including phenoxy) is 1. The Hall–Kier alpha value is -0.670. The highest BCUT2D eigenvalue weighted by Crippen LogP contribution is 2.25. The van der Waals surface area contributed by atoms with Crippen LogP contribution in [-0.4, -0.2) is 24.7 Å². The number of thioether (sulfide) groups is 1.